The first-order chi connectivity index (χ1) is 17.9. The maximum Gasteiger partial charge on any atom is 0.387 e. The quantitative estimate of drug-likeness (QED) is 0.389. The number of thiazole rings is 1. The molecule has 0 amide bonds. The highest BCUT2D eigenvalue weighted by atomic mass is 32.1. The number of esters is 1. The highest BCUT2D eigenvalue weighted by Crippen LogP contribution is 2.34. The minimum Gasteiger partial charge on any atom is -0.497 e. The van der Waals surface area contributed by atoms with Crippen LogP contribution >= 0.6 is 11.3 Å². The molecule has 2 aromatic carbocycles. The molecule has 0 N–H and O–H groups in total. The fourth-order valence-corrected chi connectivity index (χ4v) is 5.20. The summed E-state index contributed by atoms with van der Waals surface area (Å²) < 4.78 is 43.0. The first kappa shape index (κ1) is 26.3. The van der Waals surface area contributed by atoms with Gasteiger partial charge in [0.1, 0.15) is 11.5 Å². The van der Waals surface area contributed by atoms with Crippen LogP contribution in [0, 0.1) is 0 Å². The van der Waals surface area contributed by atoms with Crippen LogP contribution in [-0.2, 0) is 9.53 Å². The standard InChI is InChI=1S/C27H26F2N2O5S/c1-4-9-19-22(25(33)35-5-2)23(17-11-8-12-18(14-17)34-3)31-24(32)21(37-27(31)30-19)15-16-10-6-7-13-20(16)36-26(28)29/h6-8,10-15,23,26H,4-5,9H2,1-3H3/b21-15+/t23-/m0/s1. The van der Waals surface area contributed by atoms with E-state index in [4.69, 9.17) is 9.47 Å². The van der Waals surface area contributed by atoms with Gasteiger partial charge in [-0.05, 0) is 43.2 Å². The molecule has 0 radical (unpaired) electrons. The van der Waals surface area contributed by atoms with E-state index in [9.17, 15) is 18.4 Å². The number of ether oxygens (including phenoxy) is 3. The Morgan fingerprint density at radius 3 is 2.68 bits per heavy atom. The molecule has 0 spiro atoms. The summed E-state index contributed by atoms with van der Waals surface area (Å²) in [4.78, 5) is 32.1. The molecule has 194 valence electrons. The van der Waals surface area contributed by atoms with E-state index < -0.39 is 24.2 Å². The third-order valence-electron chi connectivity index (χ3n) is 5.72. The second kappa shape index (κ2) is 11.5. The van der Waals surface area contributed by atoms with Crippen LogP contribution in [0.15, 0.2) is 69.6 Å². The molecule has 37 heavy (non-hydrogen) atoms. The number of fused-ring (bicyclic) bond motifs is 1. The average Bonchev–Trinajstić information content (AvgIpc) is 3.19. The van der Waals surface area contributed by atoms with Gasteiger partial charge in [-0.1, -0.05) is 55.0 Å². The fourth-order valence-electron chi connectivity index (χ4n) is 4.19. The molecule has 1 atom stereocenters. The van der Waals surface area contributed by atoms with E-state index in [-0.39, 0.29) is 22.5 Å². The fraction of sp³-hybridized carbons (Fsp3) is 0.296. The number of rotatable bonds is 9. The number of alkyl halides is 2. The van der Waals surface area contributed by atoms with Crippen molar-refractivity contribution in [2.75, 3.05) is 13.7 Å². The Morgan fingerprint density at radius 1 is 1.19 bits per heavy atom. The van der Waals surface area contributed by atoms with Gasteiger partial charge in [0, 0.05) is 5.56 Å². The van der Waals surface area contributed by atoms with Crippen molar-refractivity contribution in [1.82, 2.24) is 4.57 Å². The number of allylic oxidation sites excluding steroid dienone is 1. The second-order valence-corrected chi connectivity index (χ2v) is 9.12. The normalized spacial score (nSPS) is 15.4. The Labute approximate surface area is 215 Å². The second-order valence-electron chi connectivity index (χ2n) is 8.11. The van der Waals surface area contributed by atoms with Crippen molar-refractivity contribution in [3.05, 3.63) is 90.6 Å². The van der Waals surface area contributed by atoms with E-state index in [0.717, 1.165) is 17.8 Å². The number of carbonyl (C=O) groups is 1. The molecule has 1 aliphatic rings. The summed E-state index contributed by atoms with van der Waals surface area (Å²) >= 11 is 1.12. The van der Waals surface area contributed by atoms with Gasteiger partial charge in [-0.3, -0.25) is 9.36 Å². The van der Waals surface area contributed by atoms with Crippen LogP contribution in [0.3, 0.4) is 0 Å². The van der Waals surface area contributed by atoms with Gasteiger partial charge < -0.3 is 14.2 Å². The predicted octanol–water partition coefficient (Wildman–Crippen LogP) is 4.19. The van der Waals surface area contributed by atoms with Crippen molar-refractivity contribution in [3.8, 4) is 11.5 Å². The van der Waals surface area contributed by atoms with Crippen LogP contribution in [0.1, 0.15) is 43.9 Å². The highest BCUT2D eigenvalue weighted by molar-refractivity contribution is 7.07. The lowest BCUT2D eigenvalue weighted by atomic mass is 9.94. The molecule has 0 bridgehead atoms. The molecule has 4 rings (SSSR count). The maximum absolute atomic E-state index is 13.8. The van der Waals surface area contributed by atoms with Crippen LogP contribution in [-0.4, -0.2) is 30.9 Å². The van der Waals surface area contributed by atoms with Crippen LogP contribution in [0.4, 0.5) is 8.78 Å². The number of methoxy groups -OCH3 is 1. The van der Waals surface area contributed by atoms with E-state index in [1.165, 1.54) is 23.8 Å². The lowest BCUT2D eigenvalue weighted by Gasteiger charge is -2.26. The third-order valence-corrected chi connectivity index (χ3v) is 6.71. The molecular formula is C27H26F2N2O5S. The van der Waals surface area contributed by atoms with Crippen LogP contribution in [0.2, 0.25) is 0 Å². The molecule has 2 heterocycles. The predicted molar refractivity (Wildman–Crippen MR) is 136 cm³/mol. The van der Waals surface area contributed by atoms with Crippen molar-refractivity contribution in [2.24, 2.45) is 4.99 Å². The SMILES string of the molecule is CCCC1=C(C(=O)OCC)[C@H](c2cccc(OC)c2)n2c(s/c(=C/c3ccccc3OC(F)F)c2=O)=N1. The number of para-hydroxylation sites is 1. The van der Waals surface area contributed by atoms with Crippen LogP contribution in [0.25, 0.3) is 6.08 Å². The zero-order valence-corrected chi connectivity index (χ0v) is 21.4. The maximum atomic E-state index is 13.8. The van der Waals surface area contributed by atoms with E-state index in [2.05, 4.69) is 9.73 Å². The van der Waals surface area contributed by atoms with Crippen LogP contribution in [0.5, 0.6) is 11.5 Å². The molecule has 0 saturated heterocycles. The van der Waals surface area contributed by atoms with E-state index in [1.54, 1.807) is 43.3 Å². The van der Waals surface area contributed by atoms with Gasteiger partial charge in [0.2, 0.25) is 0 Å². The van der Waals surface area contributed by atoms with Gasteiger partial charge in [0.05, 0.1) is 35.6 Å². The monoisotopic (exact) mass is 528 g/mol. The van der Waals surface area contributed by atoms with Crippen molar-refractivity contribution < 1.29 is 27.8 Å². The number of aromatic nitrogens is 1. The molecular weight excluding hydrogens is 502 g/mol. The Kier molecular flexibility index (Phi) is 8.17. The lowest BCUT2D eigenvalue weighted by molar-refractivity contribution is -0.139. The molecule has 10 heteroatoms. The molecule has 7 nitrogen and oxygen atoms in total. The highest BCUT2D eigenvalue weighted by Gasteiger charge is 2.34. The summed E-state index contributed by atoms with van der Waals surface area (Å²) in [7, 11) is 1.54. The zero-order valence-electron chi connectivity index (χ0n) is 20.6. The van der Waals surface area contributed by atoms with Gasteiger partial charge in [-0.15, -0.1) is 0 Å². The number of hydrogen-bond acceptors (Lipinski definition) is 7. The first-order valence-electron chi connectivity index (χ1n) is 11.8. The van der Waals surface area contributed by atoms with E-state index in [1.807, 2.05) is 13.0 Å². The molecule has 0 unspecified atom stereocenters. The Hall–Kier alpha value is -3.79. The summed E-state index contributed by atoms with van der Waals surface area (Å²) in [5, 5.41) is 0. The first-order valence-corrected chi connectivity index (χ1v) is 12.6. The topological polar surface area (TPSA) is 79.1 Å². The Bertz CT molecular complexity index is 1510. The summed E-state index contributed by atoms with van der Waals surface area (Å²) in [5.74, 6) is -0.0333. The Balaban J connectivity index is 1.99. The molecule has 0 aliphatic carbocycles. The van der Waals surface area contributed by atoms with Gasteiger partial charge in [-0.2, -0.15) is 8.78 Å². The molecule has 1 aromatic heterocycles. The van der Waals surface area contributed by atoms with Crippen molar-refractivity contribution >= 4 is 23.4 Å². The molecule has 0 saturated carbocycles. The number of nitrogens with zero attached hydrogens (tertiary/aromatic N) is 2. The average molecular weight is 529 g/mol. The smallest absolute Gasteiger partial charge is 0.387 e. The van der Waals surface area contributed by atoms with Gasteiger partial charge in [-0.25, -0.2) is 9.79 Å². The van der Waals surface area contributed by atoms with Gasteiger partial charge >= 0.3 is 12.6 Å². The summed E-state index contributed by atoms with van der Waals surface area (Å²) in [6.07, 6.45) is 2.72. The lowest BCUT2D eigenvalue weighted by Crippen LogP contribution is -2.40. The van der Waals surface area contributed by atoms with Crippen LogP contribution < -0.4 is 24.4 Å². The zero-order chi connectivity index (χ0) is 26.5. The van der Waals surface area contributed by atoms with Crippen molar-refractivity contribution in [3.63, 3.8) is 0 Å². The number of hydrogen-bond donors (Lipinski definition) is 0. The molecule has 0 fully saturated rings. The number of halogens is 2. The molecule has 1 aliphatic heterocycles. The molecule has 3 aromatic rings. The largest absolute Gasteiger partial charge is 0.497 e. The number of carbonyl (C=O) groups excluding carboxylic acids is 1. The van der Waals surface area contributed by atoms with Crippen molar-refractivity contribution in [2.45, 2.75) is 39.3 Å². The van der Waals surface area contributed by atoms with Gasteiger partial charge in [0.15, 0.2) is 4.80 Å². The van der Waals surface area contributed by atoms with Crippen molar-refractivity contribution in [1.29, 1.82) is 0 Å². The minimum absolute atomic E-state index is 0.0495. The summed E-state index contributed by atoms with van der Waals surface area (Å²) in [6, 6.07) is 12.6. The number of benzene rings is 2. The van der Waals surface area contributed by atoms with E-state index >= 15 is 0 Å². The minimum atomic E-state index is -3.01. The van der Waals surface area contributed by atoms with E-state index in [0.29, 0.717) is 33.8 Å². The van der Waals surface area contributed by atoms with Gasteiger partial charge in [0.25, 0.3) is 5.56 Å². The third kappa shape index (κ3) is 5.48. The Morgan fingerprint density at radius 2 is 1.97 bits per heavy atom. The summed E-state index contributed by atoms with van der Waals surface area (Å²) in [6.45, 7) is 0.846. The summed E-state index contributed by atoms with van der Waals surface area (Å²) in [5.41, 5.74) is 1.39.